The molecular formula is C39H53N3O11S2. The van der Waals surface area contributed by atoms with E-state index >= 15 is 0 Å². The first kappa shape index (κ1) is 43.6. The number of fused-ring (bicyclic) bond motifs is 2. The summed E-state index contributed by atoms with van der Waals surface area (Å²) in [7, 11) is -8.44. The topological polar surface area (TPSA) is 196 Å². The second-order valence-corrected chi connectivity index (χ2v) is 18.7. The van der Waals surface area contributed by atoms with E-state index in [-0.39, 0.29) is 50.6 Å². The molecule has 0 saturated carbocycles. The minimum absolute atomic E-state index is 0.0537. The highest BCUT2D eigenvalue weighted by Gasteiger charge is 2.32. The van der Waals surface area contributed by atoms with Crippen LogP contribution in [0.25, 0.3) is 27.7 Å². The molecule has 0 fully saturated rings. The van der Waals surface area contributed by atoms with Gasteiger partial charge in [0.15, 0.2) is 12.4 Å². The van der Waals surface area contributed by atoms with E-state index in [1.54, 1.807) is 51.4 Å². The first-order valence-electron chi connectivity index (χ1n) is 18.5. The molecule has 1 N–H and O–H groups in total. The molecule has 1 amide bonds. The zero-order valence-electron chi connectivity index (χ0n) is 32.5. The number of hydrogen-bond donors (Lipinski definition) is 1. The van der Waals surface area contributed by atoms with Crippen molar-refractivity contribution in [3.8, 4) is 11.1 Å². The van der Waals surface area contributed by atoms with E-state index in [2.05, 4.69) is 24.8 Å². The molecule has 1 aliphatic rings. The van der Waals surface area contributed by atoms with Crippen molar-refractivity contribution in [3.63, 3.8) is 0 Å². The van der Waals surface area contributed by atoms with Crippen LogP contribution < -0.4 is 15.1 Å². The van der Waals surface area contributed by atoms with E-state index in [0.717, 1.165) is 22.2 Å². The van der Waals surface area contributed by atoms with Crippen LogP contribution in [0, 0.1) is 0 Å². The van der Waals surface area contributed by atoms with Crippen LogP contribution in [0.5, 0.6) is 0 Å². The smallest absolute Gasteiger partial charge is 0.344 e. The van der Waals surface area contributed by atoms with Crippen molar-refractivity contribution in [2.24, 2.45) is 0 Å². The summed E-state index contributed by atoms with van der Waals surface area (Å²) in [5.74, 6) is -1.46. The lowest BCUT2D eigenvalue weighted by molar-refractivity contribution is -0.697. The van der Waals surface area contributed by atoms with Gasteiger partial charge < -0.3 is 23.5 Å². The van der Waals surface area contributed by atoms with Crippen molar-refractivity contribution in [1.29, 1.82) is 0 Å². The van der Waals surface area contributed by atoms with E-state index in [0.29, 0.717) is 49.1 Å². The maximum absolute atomic E-state index is 13.5. The fourth-order valence-corrected chi connectivity index (χ4v) is 7.86. The SMILES string of the molecule is CC1=CC(C)(C)N(CCCC(=O)N(CCCC(=O)OC(C)(C)C)CCCS(=O)(=O)O)c2cc3oc(=O)c(-c4cc[n+](CCCCS(=O)(=O)[O-])cc4)cc3cc21. The summed E-state index contributed by atoms with van der Waals surface area (Å²) in [6.45, 7) is 12.8. The lowest BCUT2D eigenvalue weighted by Crippen LogP contribution is -2.46. The van der Waals surface area contributed by atoms with E-state index in [1.165, 1.54) is 4.90 Å². The minimum atomic E-state index is -4.24. The lowest BCUT2D eigenvalue weighted by atomic mass is 9.87. The van der Waals surface area contributed by atoms with Crippen molar-refractivity contribution >= 4 is 54.3 Å². The third-order valence-electron chi connectivity index (χ3n) is 9.28. The standard InChI is InChI=1S/C39H53N3O11S2/c1-28-27-39(5,6)42(19-9-12-35(43)41(18-11-23-55(49,50)51)17-10-13-36(44)53-38(2,3)4)33-26-34-30(24-31(28)33)25-32(37(45)52-34)29-14-20-40(21-15-29)16-7-8-22-54(46,47)48/h14-15,20-21,24-27H,7-13,16-19,22-23H2,1-6H3,(H-,46,47,48,49,50,51). The normalized spacial score (nSPS) is 14.4. The van der Waals surface area contributed by atoms with Crippen molar-refractivity contribution in [2.75, 3.05) is 36.0 Å². The Balaban J connectivity index is 1.48. The number of benzene rings is 1. The van der Waals surface area contributed by atoms with Crippen LogP contribution in [0.1, 0.15) is 92.1 Å². The van der Waals surface area contributed by atoms with Crippen LogP contribution in [-0.4, -0.2) is 85.0 Å². The lowest BCUT2D eigenvalue weighted by Gasteiger charge is -2.43. The zero-order valence-corrected chi connectivity index (χ0v) is 34.1. The molecule has 0 atom stereocenters. The Bertz CT molecular complexity index is 2170. The number of pyridine rings is 1. The Hall–Kier alpha value is -4.12. The number of hydrogen-bond acceptors (Lipinski definition) is 11. The van der Waals surface area contributed by atoms with E-state index in [9.17, 15) is 40.3 Å². The fraction of sp³-hybridized carbons (Fsp3) is 0.538. The summed E-state index contributed by atoms with van der Waals surface area (Å²) in [5.41, 5.74) is 2.72. The first-order chi connectivity index (χ1) is 25.5. The predicted octanol–water partition coefficient (Wildman–Crippen LogP) is 5.08. The Morgan fingerprint density at radius 2 is 1.60 bits per heavy atom. The fourth-order valence-electron chi connectivity index (χ4n) is 6.81. The number of nitrogens with zero attached hydrogens (tertiary/aromatic N) is 3. The molecule has 3 heterocycles. The van der Waals surface area contributed by atoms with Gasteiger partial charge in [-0.05, 0) is 84.9 Å². The minimum Gasteiger partial charge on any atom is -0.748 e. The number of amides is 1. The number of ether oxygens (including phenoxy) is 1. The molecule has 16 heteroatoms. The van der Waals surface area contributed by atoms with Crippen LogP contribution >= 0.6 is 0 Å². The molecule has 14 nitrogen and oxygen atoms in total. The average molecular weight is 804 g/mol. The number of rotatable bonds is 18. The molecule has 0 spiro atoms. The number of esters is 1. The van der Waals surface area contributed by atoms with Gasteiger partial charge in [-0.2, -0.15) is 8.42 Å². The molecular weight excluding hydrogens is 751 g/mol. The van der Waals surface area contributed by atoms with Gasteiger partial charge in [-0.15, -0.1) is 0 Å². The third-order valence-corrected chi connectivity index (χ3v) is 10.9. The third kappa shape index (κ3) is 13.3. The molecule has 0 aliphatic carbocycles. The van der Waals surface area contributed by atoms with Gasteiger partial charge in [-0.1, -0.05) is 6.08 Å². The number of carbonyl (C=O) groups is 2. The van der Waals surface area contributed by atoms with Gasteiger partial charge in [-0.25, -0.2) is 17.8 Å². The highest BCUT2D eigenvalue weighted by Crippen LogP contribution is 2.41. The summed E-state index contributed by atoms with van der Waals surface area (Å²) in [5, 5.41) is 0.735. The predicted molar refractivity (Wildman–Crippen MR) is 209 cm³/mol. The van der Waals surface area contributed by atoms with Gasteiger partial charge in [0.25, 0.3) is 10.1 Å². The van der Waals surface area contributed by atoms with Gasteiger partial charge in [0.05, 0.1) is 27.0 Å². The van der Waals surface area contributed by atoms with Gasteiger partial charge >= 0.3 is 11.6 Å². The summed E-state index contributed by atoms with van der Waals surface area (Å²) < 4.78 is 77.6. The Morgan fingerprint density at radius 3 is 2.24 bits per heavy atom. The van der Waals surface area contributed by atoms with Crippen molar-refractivity contribution in [3.05, 3.63) is 64.8 Å². The molecule has 3 aromatic rings. The summed E-state index contributed by atoms with van der Waals surface area (Å²) in [4.78, 5) is 42.7. The molecule has 4 rings (SSSR count). The first-order valence-corrected chi connectivity index (χ1v) is 21.7. The van der Waals surface area contributed by atoms with E-state index < -0.39 is 48.5 Å². The maximum Gasteiger partial charge on any atom is 0.344 e. The molecule has 55 heavy (non-hydrogen) atoms. The van der Waals surface area contributed by atoms with Crippen molar-refractivity contribution in [2.45, 2.75) is 104 Å². The molecule has 0 bridgehead atoms. The van der Waals surface area contributed by atoms with Gasteiger partial charge in [0, 0.05) is 85.0 Å². The number of aromatic nitrogens is 1. The van der Waals surface area contributed by atoms with Crippen LogP contribution in [0.3, 0.4) is 0 Å². The largest absolute Gasteiger partial charge is 0.748 e. The van der Waals surface area contributed by atoms with Gasteiger partial charge in [0.2, 0.25) is 5.91 Å². The Kier molecular flexibility index (Phi) is 14.1. The van der Waals surface area contributed by atoms with Gasteiger partial charge in [-0.3, -0.25) is 14.1 Å². The van der Waals surface area contributed by atoms with E-state index in [4.69, 9.17) is 9.15 Å². The monoisotopic (exact) mass is 803 g/mol. The number of carbonyl (C=O) groups excluding carboxylic acids is 2. The van der Waals surface area contributed by atoms with Crippen molar-refractivity contribution in [1.82, 2.24) is 4.90 Å². The highest BCUT2D eigenvalue weighted by atomic mass is 32.2. The average Bonchev–Trinajstić information content (AvgIpc) is 3.05. The highest BCUT2D eigenvalue weighted by molar-refractivity contribution is 7.85. The molecule has 0 saturated heterocycles. The molecule has 1 aromatic carbocycles. The van der Waals surface area contributed by atoms with Gasteiger partial charge in [0.1, 0.15) is 17.7 Å². The maximum atomic E-state index is 13.5. The molecule has 302 valence electrons. The van der Waals surface area contributed by atoms with Crippen molar-refractivity contribution < 1.29 is 49.3 Å². The second-order valence-electron chi connectivity index (χ2n) is 15.6. The number of aryl methyl sites for hydroxylation is 1. The molecule has 2 aromatic heterocycles. The number of unbranched alkanes of at least 4 members (excludes halogenated alkanes) is 1. The van der Waals surface area contributed by atoms with Crippen LogP contribution in [0.15, 0.2) is 58.0 Å². The second kappa shape index (κ2) is 17.8. The molecule has 1 aliphatic heterocycles. The van der Waals surface area contributed by atoms with E-state index in [1.807, 2.05) is 23.6 Å². The number of allylic oxidation sites excluding steroid dienone is 1. The zero-order chi connectivity index (χ0) is 40.8. The summed E-state index contributed by atoms with van der Waals surface area (Å²) in [6.07, 6.45) is 7.63. The molecule has 0 unspecified atom stereocenters. The Morgan fingerprint density at radius 1 is 0.945 bits per heavy atom. The van der Waals surface area contributed by atoms with Crippen LogP contribution in [0.2, 0.25) is 0 Å². The summed E-state index contributed by atoms with van der Waals surface area (Å²) in [6, 6.07) is 9.22. The summed E-state index contributed by atoms with van der Waals surface area (Å²) >= 11 is 0. The Labute approximate surface area is 323 Å². The van der Waals surface area contributed by atoms with Crippen LogP contribution in [0.4, 0.5) is 5.69 Å². The molecule has 0 radical (unpaired) electrons. The quantitative estimate of drug-likeness (QED) is 0.0590. The number of anilines is 1. The van der Waals surface area contributed by atoms with Crippen LogP contribution in [-0.2, 0) is 41.1 Å².